The number of Topliss-reactive ketones (excluding diaryl/α,β-unsaturated/α-hetero) is 2. The third kappa shape index (κ3) is 26.4. The monoisotopic (exact) mass is 1050 g/mol. The Morgan fingerprint density at radius 3 is 1.71 bits per heavy atom. The summed E-state index contributed by atoms with van der Waals surface area (Å²) in [6.45, 7) is -0.493. The molecule has 0 radical (unpaired) electrons. The molecule has 0 spiro atoms. The predicted molar refractivity (Wildman–Crippen MR) is 264 cm³/mol. The number of carbonyl (C=O) groups is 10. The van der Waals surface area contributed by atoms with Gasteiger partial charge in [0.15, 0.2) is 11.9 Å². The standard InChI is InChI=1S/C48H68N5O17PS/c49-35(45(62)52-37(28-43(59)60)46(63)53-38(30-72)47(64)65)29-50-44(61)33(25-31-15-7-5-8-16-31)27-39(55)36(26-32-17-9-6-10-18-32)51-41(56)20-12-4-2-1-3-11-19-34(54)22-23-40(48(66)67)70-71(68,69)24-14-13-21-42(57)58/h5-10,15-18,33,35-38,40,72H,1-4,11-14,19-30,49H2,(H,50,61)(H,51,56)(H,52,62)(H,53,63)(H,57,58)(H,59,60)(H,64,65)(H,66,67)(H,68,69)/t33-,35+,36+,37+,38+,40-/m1/s1. The Labute approximate surface area is 422 Å². The first kappa shape index (κ1) is 62.1. The zero-order valence-electron chi connectivity index (χ0n) is 40.0. The summed E-state index contributed by atoms with van der Waals surface area (Å²) in [5, 5.41) is 46.4. The van der Waals surface area contributed by atoms with Crippen LogP contribution in [0.4, 0.5) is 0 Å². The summed E-state index contributed by atoms with van der Waals surface area (Å²) in [6, 6.07) is 12.1. The zero-order chi connectivity index (χ0) is 53.6. The van der Waals surface area contributed by atoms with E-state index in [1.54, 1.807) is 60.7 Å². The molecule has 0 fully saturated rings. The molecule has 0 bridgehead atoms. The van der Waals surface area contributed by atoms with Crippen molar-refractivity contribution < 1.29 is 82.4 Å². The molecule has 7 atom stereocenters. The van der Waals surface area contributed by atoms with Gasteiger partial charge in [-0.05, 0) is 56.1 Å². The molecule has 22 nitrogen and oxygen atoms in total. The lowest BCUT2D eigenvalue weighted by Crippen LogP contribution is -2.57. The highest BCUT2D eigenvalue weighted by atomic mass is 32.1. The second kappa shape index (κ2) is 33.6. The number of hydrogen-bond acceptors (Lipinski definition) is 14. The zero-order valence-corrected chi connectivity index (χ0v) is 41.8. The number of carbonyl (C=O) groups excluding carboxylic acids is 6. The number of nitrogens with one attached hydrogen (secondary N) is 4. The number of carboxylic acids is 4. The van der Waals surface area contributed by atoms with Gasteiger partial charge in [0.05, 0.1) is 18.6 Å². The topological polar surface area (TPSA) is 372 Å². The van der Waals surface area contributed by atoms with Crippen molar-refractivity contribution in [3.63, 3.8) is 0 Å². The minimum Gasteiger partial charge on any atom is -0.481 e. The molecule has 2 rings (SSSR count). The quantitative estimate of drug-likeness (QED) is 0.0260. The first-order valence-corrected chi connectivity index (χ1v) is 26.1. The molecule has 0 aliphatic carbocycles. The molecule has 2 aromatic rings. The molecule has 24 heteroatoms. The van der Waals surface area contributed by atoms with E-state index in [9.17, 15) is 72.7 Å². The van der Waals surface area contributed by atoms with Crippen LogP contribution in [-0.2, 0) is 69.9 Å². The molecule has 0 aliphatic heterocycles. The van der Waals surface area contributed by atoms with Crippen LogP contribution in [-0.4, -0.2) is 133 Å². The third-order valence-corrected chi connectivity index (χ3v) is 13.1. The maximum Gasteiger partial charge on any atom is 0.333 e. The van der Waals surface area contributed by atoms with Crippen LogP contribution in [0.25, 0.3) is 0 Å². The van der Waals surface area contributed by atoms with E-state index >= 15 is 0 Å². The minimum absolute atomic E-state index is 0.0521. The molecule has 11 N–H and O–H groups in total. The molecule has 1 unspecified atom stereocenters. The van der Waals surface area contributed by atoms with Gasteiger partial charge in [-0.15, -0.1) is 0 Å². The highest BCUT2D eigenvalue weighted by Crippen LogP contribution is 2.45. The van der Waals surface area contributed by atoms with Crippen LogP contribution >= 0.6 is 20.2 Å². The molecule has 4 amide bonds. The van der Waals surface area contributed by atoms with Gasteiger partial charge < -0.3 is 52.3 Å². The van der Waals surface area contributed by atoms with Crippen molar-refractivity contribution in [1.82, 2.24) is 21.3 Å². The van der Waals surface area contributed by atoms with Crippen LogP contribution in [0.5, 0.6) is 0 Å². The van der Waals surface area contributed by atoms with Crippen molar-refractivity contribution >= 4 is 79.3 Å². The Kier molecular flexibility index (Phi) is 29.0. The lowest BCUT2D eigenvalue weighted by molar-refractivity contribution is -0.146. The van der Waals surface area contributed by atoms with E-state index in [0.717, 1.165) is 18.4 Å². The van der Waals surface area contributed by atoms with Gasteiger partial charge >= 0.3 is 31.5 Å². The average molecular weight is 1050 g/mol. The lowest BCUT2D eigenvalue weighted by Gasteiger charge is -2.23. The predicted octanol–water partition coefficient (Wildman–Crippen LogP) is 2.81. The smallest absolute Gasteiger partial charge is 0.333 e. The minimum atomic E-state index is -4.31. The molecule has 0 saturated heterocycles. The number of ketones is 2. The van der Waals surface area contributed by atoms with E-state index in [1.165, 1.54) is 0 Å². The van der Waals surface area contributed by atoms with Crippen LogP contribution in [0.15, 0.2) is 60.7 Å². The van der Waals surface area contributed by atoms with E-state index in [2.05, 4.69) is 33.9 Å². The average Bonchev–Trinajstić information content (AvgIpc) is 3.32. The van der Waals surface area contributed by atoms with Gasteiger partial charge in [-0.2, -0.15) is 12.6 Å². The molecule has 398 valence electrons. The number of thiol groups is 1. The maximum absolute atomic E-state index is 14.1. The first-order valence-electron chi connectivity index (χ1n) is 23.7. The van der Waals surface area contributed by atoms with E-state index in [1.807, 2.05) is 0 Å². The molecule has 2 aromatic carbocycles. The third-order valence-electron chi connectivity index (χ3n) is 11.2. The Hall–Kier alpha value is -6.00. The van der Waals surface area contributed by atoms with Crippen molar-refractivity contribution in [2.24, 2.45) is 11.7 Å². The van der Waals surface area contributed by atoms with E-state index < -0.39 is 110 Å². The molecule has 72 heavy (non-hydrogen) atoms. The molecule has 0 aromatic heterocycles. The molecular formula is C48H68N5O17PS. The number of amides is 4. The largest absolute Gasteiger partial charge is 0.481 e. The van der Waals surface area contributed by atoms with Crippen molar-refractivity contribution in [3.05, 3.63) is 71.8 Å². The fourth-order valence-corrected chi connectivity index (χ4v) is 8.83. The summed E-state index contributed by atoms with van der Waals surface area (Å²) < 4.78 is 17.2. The van der Waals surface area contributed by atoms with Crippen LogP contribution in [0, 0.1) is 5.92 Å². The SMILES string of the molecule is N[C@@H](CNC(=O)[C@@H](CC(=O)[C@H](Cc1ccccc1)NC(=O)CCCCCCCCC(=O)CC[C@@H](OP(=O)(O)CCCCC(=O)O)C(=O)O)Cc1ccccc1)C(=O)N[C@@H](CC(=O)O)C(=O)N[C@@H](CS)C(=O)O. The van der Waals surface area contributed by atoms with Crippen molar-refractivity contribution in [3.8, 4) is 0 Å². The van der Waals surface area contributed by atoms with Crippen LogP contribution in [0.3, 0.4) is 0 Å². The Bertz CT molecular complexity index is 2170. The summed E-state index contributed by atoms with van der Waals surface area (Å²) in [5.41, 5.74) is 7.50. The Morgan fingerprint density at radius 1 is 0.597 bits per heavy atom. The van der Waals surface area contributed by atoms with Gasteiger partial charge in [-0.3, -0.25) is 47.4 Å². The summed E-state index contributed by atoms with van der Waals surface area (Å²) >= 11 is 3.86. The van der Waals surface area contributed by atoms with Crippen LogP contribution < -0.4 is 27.0 Å². The number of benzene rings is 2. The number of nitrogens with two attached hydrogens (primary N) is 1. The molecule has 0 heterocycles. The van der Waals surface area contributed by atoms with Gasteiger partial charge in [0.1, 0.15) is 23.9 Å². The van der Waals surface area contributed by atoms with Gasteiger partial charge in [0.25, 0.3) is 0 Å². The summed E-state index contributed by atoms with van der Waals surface area (Å²) in [5.74, 6) is -10.6. The highest BCUT2D eigenvalue weighted by molar-refractivity contribution is 7.80. The first-order chi connectivity index (χ1) is 34.1. The Balaban J connectivity index is 1.96. The van der Waals surface area contributed by atoms with Gasteiger partial charge in [-0.25, -0.2) is 9.59 Å². The van der Waals surface area contributed by atoms with Crippen molar-refractivity contribution in [2.45, 2.75) is 139 Å². The summed E-state index contributed by atoms with van der Waals surface area (Å²) in [6.07, 6.45) is 0.546. The number of carboxylic acid groups (broad SMARTS) is 4. The van der Waals surface area contributed by atoms with E-state index in [0.29, 0.717) is 31.2 Å². The number of hydrogen-bond donors (Lipinski definition) is 11. The second-order valence-electron chi connectivity index (χ2n) is 17.3. The van der Waals surface area contributed by atoms with Crippen molar-refractivity contribution in [1.29, 1.82) is 0 Å². The fourth-order valence-electron chi connectivity index (χ4n) is 7.26. The molecule has 0 aliphatic rings. The number of unbranched alkanes of at least 4 members (excludes halogenated alkanes) is 6. The second-order valence-corrected chi connectivity index (χ2v) is 19.6. The molecule has 0 saturated carbocycles. The van der Waals surface area contributed by atoms with Crippen LogP contribution in [0.2, 0.25) is 0 Å². The maximum atomic E-state index is 14.1. The van der Waals surface area contributed by atoms with Gasteiger partial charge in [-0.1, -0.05) is 86.3 Å². The molecular weight excluding hydrogens is 982 g/mol. The summed E-state index contributed by atoms with van der Waals surface area (Å²) in [4.78, 5) is 134. The highest BCUT2D eigenvalue weighted by Gasteiger charge is 2.32. The van der Waals surface area contributed by atoms with Gasteiger partial charge in [0.2, 0.25) is 23.6 Å². The fraction of sp³-hybridized carbons (Fsp3) is 0.542. The Morgan fingerprint density at radius 2 is 1.15 bits per heavy atom. The van der Waals surface area contributed by atoms with Crippen molar-refractivity contribution in [2.75, 3.05) is 18.5 Å². The van der Waals surface area contributed by atoms with Crippen LogP contribution in [0.1, 0.15) is 107 Å². The van der Waals surface area contributed by atoms with E-state index in [-0.39, 0.29) is 81.7 Å². The number of aliphatic carboxylic acids is 4. The lowest BCUT2D eigenvalue weighted by atomic mass is 9.89. The number of rotatable bonds is 39. The van der Waals surface area contributed by atoms with E-state index in [4.69, 9.17) is 15.4 Å². The normalized spacial score (nSPS) is 14.4. The summed E-state index contributed by atoms with van der Waals surface area (Å²) in [7, 11) is -4.31. The van der Waals surface area contributed by atoms with Gasteiger partial charge in [0, 0.05) is 50.3 Å².